The van der Waals surface area contributed by atoms with Gasteiger partial charge in [-0.25, -0.2) is 8.57 Å². The zero-order chi connectivity index (χ0) is 15.8. The summed E-state index contributed by atoms with van der Waals surface area (Å²) in [6, 6.07) is 0.823. The van der Waals surface area contributed by atoms with Gasteiger partial charge in [-0.3, -0.25) is 4.98 Å². The van der Waals surface area contributed by atoms with Gasteiger partial charge in [0, 0.05) is 0 Å². The summed E-state index contributed by atoms with van der Waals surface area (Å²) in [4.78, 5) is 2.86. The summed E-state index contributed by atoms with van der Waals surface area (Å²) in [6.45, 7) is 0. The number of aromatic nitrogens is 1. The first-order valence-electron chi connectivity index (χ1n) is 4.52. The summed E-state index contributed by atoms with van der Waals surface area (Å²) in [7, 11) is -6.49. The molecule has 1 unspecified atom stereocenters. The summed E-state index contributed by atoms with van der Waals surface area (Å²) in [5.41, 5.74) is -7.26. The maximum absolute atomic E-state index is 12.5. The van der Waals surface area contributed by atoms with Crippen molar-refractivity contribution in [3.63, 3.8) is 0 Å². The average molecular weight is 327 g/mol. The summed E-state index contributed by atoms with van der Waals surface area (Å²) < 4.78 is 110. The maximum atomic E-state index is 12.5. The van der Waals surface area contributed by atoms with Gasteiger partial charge < -0.3 is 0 Å². The molecule has 4 nitrogen and oxygen atoms in total. The van der Waals surface area contributed by atoms with Crippen LogP contribution in [-0.2, 0) is 14.3 Å². The fraction of sp³-hybridized carbons (Fsp3) is 0.375. The minimum Gasteiger partial charge on any atom is -0.255 e. The number of alkyl halides is 6. The molecule has 0 radical (unpaired) electrons. The van der Waals surface area contributed by atoms with Crippen LogP contribution in [0.25, 0.3) is 0 Å². The van der Waals surface area contributed by atoms with Gasteiger partial charge in [-0.15, -0.1) is 0 Å². The normalized spacial score (nSPS) is 15.2. The van der Waals surface area contributed by atoms with E-state index >= 15 is 0 Å². The molecule has 0 spiro atoms. The van der Waals surface area contributed by atoms with Gasteiger partial charge in [0.2, 0.25) is 6.10 Å². The lowest BCUT2D eigenvalue weighted by molar-refractivity contribution is -0.201. The lowest BCUT2D eigenvalue weighted by Gasteiger charge is -2.20. The minimum atomic E-state index is -6.49. The van der Waals surface area contributed by atoms with Crippen LogP contribution in [0.2, 0.25) is 0 Å². The smallest absolute Gasteiger partial charge is 0.255 e. The number of rotatable bonds is 3. The van der Waals surface area contributed by atoms with Crippen molar-refractivity contribution < 1.29 is 43.3 Å². The van der Waals surface area contributed by atoms with E-state index in [2.05, 4.69) is 9.17 Å². The van der Waals surface area contributed by atoms with Gasteiger partial charge in [0.05, 0.1) is 11.9 Å². The topological polar surface area (TPSA) is 56.3 Å². The van der Waals surface area contributed by atoms with E-state index in [-0.39, 0.29) is 6.20 Å². The van der Waals surface area contributed by atoms with Crippen LogP contribution in [0.4, 0.5) is 30.7 Å². The summed E-state index contributed by atoms with van der Waals surface area (Å²) >= 11 is 0. The van der Waals surface area contributed by atoms with Gasteiger partial charge in [-0.2, -0.15) is 34.8 Å². The second kappa shape index (κ2) is 5.16. The van der Waals surface area contributed by atoms with E-state index in [4.69, 9.17) is 0 Å². The van der Waals surface area contributed by atoms with Gasteiger partial charge in [-0.05, 0) is 12.1 Å². The van der Waals surface area contributed by atoms with E-state index in [1.807, 2.05) is 0 Å². The Kier molecular flexibility index (Phi) is 4.29. The molecule has 1 aromatic rings. The standard InChI is InChI=1S/C8H4F7NO3S/c9-4-1-2-5(16-3-4)6(7(10,11)12)19-20(17,18)8(13,14)15/h1-3,6H. The van der Waals surface area contributed by atoms with E-state index in [1.54, 1.807) is 0 Å². The first-order valence-corrected chi connectivity index (χ1v) is 5.93. The van der Waals surface area contributed by atoms with Crippen molar-refractivity contribution in [1.82, 2.24) is 4.98 Å². The zero-order valence-electron chi connectivity index (χ0n) is 9.04. The third-order valence-electron chi connectivity index (χ3n) is 1.82. The predicted octanol–water partition coefficient (Wildman–Crippen LogP) is 2.69. The van der Waals surface area contributed by atoms with Crippen LogP contribution in [0.5, 0.6) is 0 Å². The highest BCUT2D eigenvalue weighted by molar-refractivity contribution is 7.87. The fourth-order valence-corrected chi connectivity index (χ4v) is 1.57. The highest BCUT2D eigenvalue weighted by Gasteiger charge is 2.54. The number of hydrogen-bond donors (Lipinski definition) is 0. The molecular formula is C8H4F7NO3S. The Labute approximate surface area is 107 Å². The molecule has 0 bridgehead atoms. The van der Waals surface area contributed by atoms with Crippen LogP contribution in [0.1, 0.15) is 11.8 Å². The summed E-state index contributed by atoms with van der Waals surface area (Å²) in [5.74, 6) is -1.06. The molecule has 114 valence electrons. The molecule has 0 aliphatic rings. The molecule has 1 aromatic heterocycles. The van der Waals surface area contributed by atoms with Crippen molar-refractivity contribution in [1.29, 1.82) is 0 Å². The molecule has 0 aromatic carbocycles. The minimum absolute atomic E-state index is 0.275. The molecule has 1 heterocycles. The molecule has 0 N–H and O–H groups in total. The number of nitrogens with zero attached hydrogens (tertiary/aromatic N) is 1. The Morgan fingerprint density at radius 3 is 2.00 bits per heavy atom. The van der Waals surface area contributed by atoms with E-state index in [1.165, 1.54) is 0 Å². The van der Waals surface area contributed by atoms with Crippen LogP contribution >= 0.6 is 0 Å². The van der Waals surface area contributed by atoms with Crippen molar-refractivity contribution in [2.45, 2.75) is 17.8 Å². The van der Waals surface area contributed by atoms with E-state index < -0.39 is 39.4 Å². The van der Waals surface area contributed by atoms with Crippen LogP contribution in [0.3, 0.4) is 0 Å². The van der Waals surface area contributed by atoms with Crippen LogP contribution in [-0.4, -0.2) is 25.1 Å². The van der Waals surface area contributed by atoms with E-state index in [0.717, 1.165) is 0 Å². The SMILES string of the molecule is O=S(=O)(OC(c1ccc(F)cn1)C(F)(F)F)C(F)(F)F. The van der Waals surface area contributed by atoms with Gasteiger partial charge in [-0.1, -0.05) is 0 Å². The average Bonchev–Trinajstić information content (AvgIpc) is 2.24. The molecule has 1 atom stereocenters. The maximum Gasteiger partial charge on any atom is 0.523 e. The predicted molar refractivity (Wildman–Crippen MR) is 49.1 cm³/mol. The van der Waals surface area contributed by atoms with Crippen molar-refractivity contribution in [2.75, 3.05) is 0 Å². The van der Waals surface area contributed by atoms with E-state index in [9.17, 15) is 39.2 Å². The molecule has 1 rings (SSSR count). The van der Waals surface area contributed by atoms with Gasteiger partial charge in [0.1, 0.15) is 5.82 Å². The lowest BCUT2D eigenvalue weighted by Crippen LogP contribution is -2.33. The van der Waals surface area contributed by atoms with E-state index in [0.29, 0.717) is 12.1 Å². The quantitative estimate of drug-likeness (QED) is 0.487. The molecule has 20 heavy (non-hydrogen) atoms. The van der Waals surface area contributed by atoms with Gasteiger partial charge >= 0.3 is 21.8 Å². The highest BCUT2D eigenvalue weighted by atomic mass is 32.2. The summed E-state index contributed by atoms with van der Waals surface area (Å²) in [5, 5.41) is 0. The lowest BCUT2D eigenvalue weighted by atomic mass is 10.2. The Morgan fingerprint density at radius 1 is 1.10 bits per heavy atom. The molecule has 0 fully saturated rings. The Bertz CT molecular complexity index is 563. The fourth-order valence-electron chi connectivity index (χ4n) is 0.995. The Hall–Kier alpha value is -1.43. The van der Waals surface area contributed by atoms with Gasteiger partial charge in [0.15, 0.2) is 0 Å². The number of halogens is 7. The Balaban J connectivity index is 3.20. The highest BCUT2D eigenvalue weighted by Crippen LogP contribution is 2.39. The molecule has 0 saturated heterocycles. The molecule has 0 amide bonds. The monoisotopic (exact) mass is 327 g/mol. The molecule has 0 aliphatic carbocycles. The second-order valence-corrected chi connectivity index (χ2v) is 4.88. The molecule has 0 aliphatic heterocycles. The van der Waals surface area contributed by atoms with Crippen molar-refractivity contribution in [3.8, 4) is 0 Å². The van der Waals surface area contributed by atoms with Crippen LogP contribution in [0.15, 0.2) is 18.3 Å². The van der Waals surface area contributed by atoms with Gasteiger partial charge in [0.25, 0.3) is 0 Å². The third kappa shape index (κ3) is 3.79. The first kappa shape index (κ1) is 16.6. The van der Waals surface area contributed by atoms with Crippen molar-refractivity contribution in [3.05, 3.63) is 29.8 Å². The van der Waals surface area contributed by atoms with Crippen molar-refractivity contribution in [2.24, 2.45) is 0 Å². The molecule has 12 heteroatoms. The van der Waals surface area contributed by atoms with Crippen LogP contribution in [0, 0.1) is 5.82 Å². The Morgan fingerprint density at radius 2 is 1.65 bits per heavy atom. The summed E-state index contributed by atoms with van der Waals surface area (Å²) in [6.07, 6.45) is -8.71. The zero-order valence-corrected chi connectivity index (χ0v) is 9.85. The molecular weight excluding hydrogens is 323 g/mol. The number of pyridine rings is 1. The largest absolute Gasteiger partial charge is 0.523 e. The molecule has 0 saturated carbocycles. The first-order chi connectivity index (χ1) is 8.84. The van der Waals surface area contributed by atoms with Crippen molar-refractivity contribution >= 4 is 10.1 Å². The second-order valence-electron chi connectivity index (χ2n) is 3.32. The van der Waals surface area contributed by atoms with Crippen LogP contribution < -0.4 is 0 Å². The third-order valence-corrected chi connectivity index (χ3v) is 2.84. The number of hydrogen-bond acceptors (Lipinski definition) is 4.